The SMILES string of the molecule is CC(CCCNc1ccc(C#N)nc1)C(=O)O. The van der Waals surface area contributed by atoms with Gasteiger partial charge < -0.3 is 10.4 Å². The third-order valence-corrected chi connectivity index (χ3v) is 2.44. The lowest BCUT2D eigenvalue weighted by atomic mass is 10.1. The Morgan fingerprint density at radius 3 is 2.94 bits per heavy atom. The van der Waals surface area contributed by atoms with E-state index in [0.717, 1.165) is 12.1 Å². The van der Waals surface area contributed by atoms with E-state index < -0.39 is 5.97 Å². The third kappa shape index (κ3) is 4.51. The van der Waals surface area contributed by atoms with Gasteiger partial charge in [-0.15, -0.1) is 0 Å². The van der Waals surface area contributed by atoms with Gasteiger partial charge >= 0.3 is 5.97 Å². The summed E-state index contributed by atoms with van der Waals surface area (Å²) in [6.45, 7) is 2.40. The standard InChI is InChI=1S/C12H15N3O2/c1-9(12(16)17)3-2-6-14-11-5-4-10(7-13)15-8-11/h4-5,8-9,14H,2-3,6H2,1H3,(H,16,17). The van der Waals surface area contributed by atoms with E-state index in [4.69, 9.17) is 10.4 Å². The number of carboxylic acids is 1. The van der Waals surface area contributed by atoms with Gasteiger partial charge in [0.25, 0.3) is 0 Å². The van der Waals surface area contributed by atoms with Crippen molar-refractivity contribution in [2.75, 3.05) is 11.9 Å². The molecule has 5 nitrogen and oxygen atoms in total. The first-order valence-corrected chi connectivity index (χ1v) is 5.46. The molecule has 0 aliphatic heterocycles. The van der Waals surface area contributed by atoms with Crippen molar-refractivity contribution in [2.45, 2.75) is 19.8 Å². The van der Waals surface area contributed by atoms with Gasteiger partial charge in [0, 0.05) is 6.54 Å². The summed E-state index contributed by atoms with van der Waals surface area (Å²) in [6, 6.07) is 5.37. The van der Waals surface area contributed by atoms with Gasteiger partial charge in [-0.1, -0.05) is 6.92 Å². The van der Waals surface area contributed by atoms with Crippen LogP contribution in [0.1, 0.15) is 25.5 Å². The smallest absolute Gasteiger partial charge is 0.306 e. The van der Waals surface area contributed by atoms with E-state index in [1.54, 1.807) is 25.3 Å². The van der Waals surface area contributed by atoms with Crippen LogP contribution in [0.25, 0.3) is 0 Å². The number of carboxylic acid groups (broad SMARTS) is 1. The second-order valence-corrected chi connectivity index (χ2v) is 3.85. The molecule has 1 heterocycles. The number of nitrogens with zero attached hydrogens (tertiary/aromatic N) is 2. The zero-order valence-electron chi connectivity index (χ0n) is 9.68. The Balaban J connectivity index is 2.27. The van der Waals surface area contributed by atoms with Crippen molar-refractivity contribution in [3.05, 3.63) is 24.0 Å². The summed E-state index contributed by atoms with van der Waals surface area (Å²) in [5, 5.41) is 20.4. The first-order valence-electron chi connectivity index (χ1n) is 5.46. The molecule has 0 bridgehead atoms. The number of aliphatic carboxylic acids is 1. The van der Waals surface area contributed by atoms with Crippen LogP contribution in [-0.2, 0) is 4.79 Å². The Hall–Kier alpha value is -2.09. The third-order valence-electron chi connectivity index (χ3n) is 2.44. The quantitative estimate of drug-likeness (QED) is 0.732. The summed E-state index contributed by atoms with van der Waals surface area (Å²) in [7, 11) is 0. The molecule has 1 aromatic rings. The van der Waals surface area contributed by atoms with Crippen molar-refractivity contribution in [1.82, 2.24) is 4.98 Å². The van der Waals surface area contributed by atoms with Crippen molar-refractivity contribution in [2.24, 2.45) is 5.92 Å². The van der Waals surface area contributed by atoms with E-state index in [0.29, 0.717) is 18.7 Å². The molecule has 0 spiro atoms. The zero-order chi connectivity index (χ0) is 12.7. The van der Waals surface area contributed by atoms with Crippen LogP contribution in [-0.4, -0.2) is 22.6 Å². The van der Waals surface area contributed by atoms with Gasteiger partial charge in [-0.05, 0) is 25.0 Å². The molecule has 0 fully saturated rings. The molecule has 17 heavy (non-hydrogen) atoms. The van der Waals surface area contributed by atoms with E-state index in [1.165, 1.54) is 0 Å². The minimum atomic E-state index is -0.759. The minimum absolute atomic E-state index is 0.309. The highest BCUT2D eigenvalue weighted by Gasteiger charge is 2.09. The molecular weight excluding hydrogens is 218 g/mol. The van der Waals surface area contributed by atoms with E-state index >= 15 is 0 Å². The van der Waals surface area contributed by atoms with Crippen molar-refractivity contribution >= 4 is 11.7 Å². The fraction of sp³-hybridized carbons (Fsp3) is 0.417. The maximum atomic E-state index is 10.6. The predicted molar refractivity (Wildman–Crippen MR) is 63.5 cm³/mol. The van der Waals surface area contributed by atoms with Gasteiger partial charge in [0.15, 0.2) is 0 Å². The van der Waals surface area contributed by atoms with Crippen molar-refractivity contribution in [3.8, 4) is 6.07 Å². The van der Waals surface area contributed by atoms with Gasteiger partial charge in [-0.25, -0.2) is 4.98 Å². The average Bonchev–Trinajstić information content (AvgIpc) is 2.35. The number of hydrogen-bond donors (Lipinski definition) is 2. The van der Waals surface area contributed by atoms with Crippen LogP contribution in [0.3, 0.4) is 0 Å². The Kier molecular flexibility index (Phi) is 4.95. The molecule has 0 aliphatic rings. The summed E-state index contributed by atoms with van der Waals surface area (Å²) in [5.41, 5.74) is 1.22. The lowest BCUT2D eigenvalue weighted by molar-refractivity contribution is -0.141. The Morgan fingerprint density at radius 1 is 1.65 bits per heavy atom. The van der Waals surface area contributed by atoms with Crippen LogP contribution in [0.4, 0.5) is 5.69 Å². The normalized spacial score (nSPS) is 11.5. The number of aromatic nitrogens is 1. The number of pyridine rings is 1. The van der Waals surface area contributed by atoms with Gasteiger partial charge in [0.1, 0.15) is 11.8 Å². The maximum Gasteiger partial charge on any atom is 0.306 e. The summed E-state index contributed by atoms with van der Waals surface area (Å²) >= 11 is 0. The lowest BCUT2D eigenvalue weighted by Crippen LogP contribution is -2.11. The fourth-order valence-corrected chi connectivity index (χ4v) is 1.33. The summed E-state index contributed by atoms with van der Waals surface area (Å²) in [6.07, 6.45) is 3.03. The van der Waals surface area contributed by atoms with Crippen LogP contribution in [0, 0.1) is 17.2 Å². The van der Waals surface area contributed by atoms with Crippen LogP contribution >= 0.6 is 0 Å². The molecule has 0 aliphatic carbocycles. The molecule has 0 aromatic carbocycles. The second-order valence-electron chi connectivity index (χ2n) is 3.85. The molecule has 0 amide bonds. The second kappa shape index (κ2) is 6.48. The first kappa shape index (κ1) is 13.0. The Bertz CT molecular complexity index is 409. The number of carbonyl (C=O) groups is 1. The molecule has 1 atom stereocenters. The number of nitrogens with one attached hydrogen (secondary N) is 1. The molecule has 1 aromatic heterocycles. The van der Waals surface area contributed by atoms with Crippen molar-refractivity contribution in [3.63, 3.8) is 0 Å². The van der Waals surface area contributed by atoms with E-state index in [1.807, 2.05) is 6.07 Å². The fourth-order valence-electron chi connectivity index (χ4n) is 1.33. The Labute approximate surface area is 100 Å². The number of rotatable bonds is 6. The largest absolute Gasteiger partial charge is 0.481 e. The molecule has 5 heteroatoms. The van der Waals surface area contributed by atoms with Gasteiger partial charge in [0.05, 0.1) is 17.8 Å². The number of hydrogen-bond acceptors (Lipinski definition) is 4. The summed E-state index contributed by atoms with van der Waals surface area (Å²) in [4.78, 5) is 14.5. The van der Waals surface area contributed by atoms with Crippen molar-refractivity contribution in [1.29, 1.82) is 5.26 Å². The number of anilines is 1. The molecular formula is C12H15N3O2. The van der Waals surface area contributed by atoms with Crippen molar-refractivity contribution < 1.29 is 9.90 Å². The highest BCUT2D eigenvalue weighted by Crippen LogP contribution is 2.08. The molecule has 0 saturated heterocycles. The highest BCUT2D eigenvalue weighted by molar-refractivity contribution is 5.69. The molecule has 0 radical (unpaired) electrons. The Morgan fingerprint density at radius 2 is 2.41 bits per heavy atom. The molecule has 90 valence electrons. The zero-order valence-corrected chi connectivity index (χ0v) is 9.68. The molecule has 1 rings (SSSR count). The van der Waals surface area contributed by atoms with E-state index in [2.05, 4.69) is 10.3 Å². The van der Waals surface area contributed by atoms with Gasteiger partial charge in [-0.2, -0.15) is 5.26 Å². The van der Waals surface area contributed by atoms with Gasteiger partial charge in [0.2, 0.25) is 0 Å². The van der Waals surface area contributed by atoms with Crippen LogP contribution in [0.15, 0.2) is 18.3 Å². The number of nitriles is 1. The molecule has 0 saturated carbocycles. The molecule has 1 unspecified atom stereocenters. The van der Waals surface area contributed by atoms with Crippen LogP contribution < -0.4 is 5.32 Å². The summed E-state index contributed by atoms with van der Waals surface area (Å²) in [5.74, 6) is -1.07. The van der Waals surface area contributed by atoms with Crippen LogP contribution in [0.2, 0.25) is 0 Å². The van der Waals surface area contributed by atoms with E-state index in [9.17, 15) is 4.79 Å². The maximum absolute atomic E-state index is 10.6. The predicted octanol–water partition coefficient (Wildman–Crippen LogP) is 1.87. The molecule has 2 N–H and O–H groups in total. The highest BCUT2D eigenvalue weighted by atomic mass is 16.4. The van der Waals surface area contributed by atoms with E-state index in [-0.39, 0.29) is 5.92 Å². The first-order chi connectivity index (χ1) is 8.13. The topological polar surface area (TPSA) is 86.0 Å². The average molecular weight is 233 g/mol. The van der Waals surface area contributed by atoms with Gasteiger partial charge in [-0.3, -0.25) is 4.79 Å². The summed E-state index contributed by atoms with van der Waals surface area (Å²) < 4.78 is 0. The lowest BCUT2D eigenvalue weighted by Gasteiger charge is -2.07. The van der Waals surface area contributed by atoms with Crippen LogP contribution in [0.5, 0.6) is 0 Å². The monoisotopic (exact) mass is 233 g/mol. The minimum Gasteiger partial charge on any atom is -0.481 e.